The monoisotopic (exact) mass is 528 g/mol. The molecule has 1 aromatic carbocycles. The molecule has 0 saturated heterocycles. The van der Waals surface area contributed by atoms with Gasteiger partial charge in [0.2, 0.25) is 5.75 Å². The first-order chi connectivity index (χ1) is 17.3. The Morgan fingerprint density at radius 2 is 1.86 bits per heavy atom. The molecule has 0 bridgehead atoms. The van der Waals surface area contributed by atoms with Crippen molar-refractivity contribution in [3.05, 3.63) is 71.0 Å². The van der Waals surface area contributed by atoms with Crippen LogP contribution in [-0.4, -0.2) is 38.5 Å². The van der Waals surface area contributed by atoms with Gasteiger partial charge in [-0.3, -0.25) is 9.36 Å². The van der Waals surface area contributed by atoms with E-state index in [9.17, 15) is 9.59 Å². The first-order valence-corrected chi connectivity index (χ1v) is 13.0. The second-order valence-corrected chi connectivity index (χ2v) is 10.5. The fourth-order valence-electron chi connectivity index (χ4n) is 3.95. The van der Waals surface area contributed by atoms with Crippen LogP contribution in [0.25, 0.3) is 6.08 Å². The van der Waals surface area contributed by atoms with Gasteiger partial charge < -0.3 is 18.9 Å². The van der Waals surface area contributed by atoms with E-state index in [2.05, 4.69) is 4.99 Å². The summed E-state index contributed by atoms with van der Waals surface area (Å²) in [4.78, 5) is 32.9. The van der Waals surface area contributed by atoms with E-state index in [1.165, 1.54) is 29.8 Å². The Morgan fingerprint density at radius 3 is 2.42 bits per heavy atom. The lowest BCUT2D eigenvalue weighted by Crippen LogP contribution is -2.39. The van der Waals surface area contributed by atoms with Crippen molar-refractivity contribution in [1.82, 2.24) is 4.57 Å². The molecular weight excluding hydrogens is 500 g/mol. The van der Waals surface area contributed by atoms with Crippen LogP contribution in [0.3, 0.4) is 0 Å². The third kappa shape index (κ3) is 4.83. The molecule has 1 aliphatic heterocycles. The molecule has 1 unspecified atom stereocenters. The van der Waals surface area contributed by atoms with Crippen molar-refractivity contribution >= 4 is 34.7 Å². The number of carbonyl (C=O) groups excluding carboxylic acids is 1. The molecule has 4 rings (SSSR count). The van der Waals surface area contributed by atoms with Gasteiger partial charge in [-0.25, -0.2) is 9.79 Å². The van der Waals surface area contributed by atoms with Crippen molar-refractivity contribution in [3.8, 4) is 17.2 Å². The fourth-order valence-corrected chi connectivity index (χ4v) is 5.83. The van der Waals surface area contributed by atoms with Gasteiger partial charge in [0.05, 0.1) is 43.7 Å². The number of methoxy groups -OCH3 is 3. The van der Waals surface area contributed by atoms with Crippen LogP contribution >= 0.6 is 22.7 Å². The van der Waals surface area contributed by atoms with Gasteiger partial charge in [-0.1, -0.05) is 31.3 Å². The highest BCUT2D eigenvalue weighted by molar-refractivity contribution is 7.10. The summed E-state index contributed by atoms with van der Waals surface area (Å²) in [5, 5.41) is 1.92. The summed E-state index contributed by atoms with van der Waals surface area (Å²) in [6, 6.07) is 6.76. The number of esters is 1. The quantitative estimate of drug-likeness (QED) is 0.416. The first-order valence-electron chi connectivity index (χ1n) is 11.3. The zero-order chi connectivity index (χ0) is 26.0. The van der Waals surface area contributed by atoms with Crippen molar-refractivity contribution < 1.29 is 23.7 Å². The minimum absolute atomic E-state index is 0.190. The maximum atomic E-state index is 13.7. The Bertz CT molecular complexity index is 1460. The second kappa shape index (κ2) is 10.7. The van der Waals surface area contributed by atoms with E-state index < -0.39 is 12.0 Å². The normalized spacial score (nSPS) is 15.5. The summed E-state index contributed by atoms with van der Waals surface area (Å²) in [5.41, 5.74) is 1.38. The van der Waals surface area contributed by atoms with Crippen LogP contribution in [0, 0.1) is 5.92 Å². The molecule has 190 valence electrons. The minimum Gasteiger partial charge on any atom is -0.493 e. The summed E-state index contributed by atoms with van der Waals surface area (Å²) in [6.45, 7) is 6.02. The molecule has 0 saturated carbocycles. The van der Waals surface area contributed by atoms with Gasteiger partial charge >= 0.3 is 5.97 Å². The molecule has 3 aromatic rings. The lowest BCUT2D eigenvalue weighted by Gasteiger charge is -2.23. The van der Waals surface area contributed by atoms with Crippen LogP contribution in [0.4, 0.5) is 0 Å². The molecular formula is C26H28N2O6S2. The third-order valence-corrected chi connectivity index (χ3v) is 7.49. The summed E-state index contributed by atoms with van der Waals surface area (Å²) >= 11 is 2.74. The van der Waals surface area contributed by atoms with E-state index >= 15 is 0 Å². The van der Waals surface area contributed by atoms with Gasteiger partial charge in [0.15, 0.2) is 16.3 Å². The van der Waals surface area contributed by atoms with E-state index in [0.717, 1.165) is 4.88 Å². The molecule has 1 atom stereocenters. The van der Waals surface area contributed by atoms with Gasteiger partial charge in [0.25, 0.3) is 5.56 Å². The summed E-state index contributed by atoms with van der Waals surface area (Å²) in [5.74, 6) is 1.17. The molecule has 1 aliphatic rings. The van der Waals surface area contributed by atoms with Crippen molar-refractivity contribution in [3.63, 3.8) is 0 Å². The molecule has 0 aliphatic carbocycles. The number of hydrogen-bond donors (Lipinski definition) is 0. The van der Waals surface area contributed by atoms with E-state index in [1.807, 2.05) is 31.4 Å². The molecule has 0 radical (unpaired) electrons. The number of hydrogen-bond acceptors (Lipinski definition) is 9. The number of nitrogens with zero attached hydrogens (tertiary/aromatic N) is 2. The number of carbonyl (C=O) groups is 1. The number of thiophene rings is 1. The molecule has 3 heterocycles. The Balaban J connectivity index is 1.88. The highest BCUT2D eigenvalue weighted by atomic mass is 32.1. The maximum Gasteiger partial charge on any atom is 0.338 e. The topological polar surface area (TPSA) is 88.4 Å². The van der Waals surface area contributed by atoms with Gasteiger partial charge in [-0.2, -0.15) is 0 Å². The Labute approximate surface area is 216 Å². The molecule has 0 fully saturated rings. The van der Waals surface area contributed by atoms with E-state index in [-0.39, 0.29) is 11.5 Å². The fraction of sp³-hybridized carbons (Fsp3) is 0.346. The molecule has 10 heteroatoms. The first kappa shape index (κ1) is 25.7. The summed E-state index contributed by atoms with van der Waals surface area (Å²) < 4.78 is 23.9. The van der Waals surface area contributed by atoms with Crippen LogP contribution in [0.2, 0.25) is 0 Å². The smallest absolute Gasteiger partial charge is 0.338 e. The molecule has 0 amide bonds. The molecule has 8 nitrogen and oxygen atoms in total. The van der Waals surface area contributed by atoms with Crippen molar-refractivity contribution in [1.29, 1.82) is 0 Å². The number of aromatic nitrogens is 1. The van der Waals surface area contributed by atoms with Gasteiger partial charge in [-0.15, -0.1) is 11.3 Å². The van der Waals surface area contributed by atoms with Crippen molar-refractivity contribution in [2.45, 2.75) is 26.8 Å². The van der Waals surface area contributed by atoms with Gasteiger partial charge in [0.1, 0.15) is 6.04 Å². The van der Waals surface area contributed by atoms with E-state index in [0.29, 0.717) is 50.0 Å². The zero-order valence-electron chi connectivity index (χ0n) is 21.0. The number of fused-ring (bicyclic) bond motifs is 1. The number of allylic oxidation sites excluding steroid dienone is 1. The number of rotatable bonds is 8. The standard InChI is InChI=1S/C26H28N2O6S2/c1-14(2)13-34-25(30)21-15(3)27-26-28(22(21)19-8-7-9-35-19)24(29)20(36-26)12-16-10-17(31-4)23(33-6)18(11-16)32-5/h7-12,14,22H,13H2,1-6H3. The van der Waals surface area contributed by atoms with Gasteiger partial charge in [0, 0.05) is 4.88 Å². The van der Waals surface area contributed by atoms with Crippen LogP contribution in [0.15, 0.2) is 50.7 Å². The van der Waals surface area contributed by atoms with Gasteiger partial charge in [-0.05, 0) is 48.1 Å². The number of benzene rings is 1. The molecule has 36 heavy (non-hydrogen) atoms. The lowest BCUT2D eigenvalue weighted by atomic mass is 10.0. The Morgan fingerprint density at radius 1 is 1.17 bits per heavy atom. The van der Waals surface area contributed by atoms with Crippen LogP contribution in [0.5, 0.6) is 17.2 Å². The zero-order valence-corrected chi connectivity index (χ0v) is 22.6. The van der Waals surface area contributed by atoms with E-state index in [1.54, 1.807) is 43.9 Å². The predicted octanol–water partition coefficient (Wildman–Crippen LogP) is 3.52. The minimum atomic E-state index is -0.608. The third-order valence-electron chi connectivity index (χ3n) is 5.59. The lowest BCUT2D eigenvalue weighted by molar-refractivity contribution is -0.140. The second-order valence-electron chi connectivity index (χ2n) is 8.55. The predicted molar refractivity (Wildman–Crippen MR) is 140 cm³/mol. The Kier molecular flexibility index (Phi) is 7.65. The van der Waals surface area contributed by atoms with Crippen LogP contribution in [-0.2, 0) is 9.53 Å². The van der Waals surface area contributed by atoms with Crippen molar-refractivity contribution in [2.24, 2.45) is 10.9 Å². The van der Waals surface area contributed by atoms with Crippen LogP contribution in [0.1, 0.15) is 37.3 Å². The van der Waals surface area contributed by atoms with Crippen molar-refractivity contribution in [2.75, 3.05) is 27.9 Å². The highest BCUT2D eigenvalue weighted by Crippen LogP contribution is 2.38. The Hall–Kier alpha value is -3.37. The van der Waals surface area contributed by atoms with E-state index in [4.69, 9.17) is 18.9 Å². The average molecular weight is 529 g/mol. The average Bonchev–Trinajstić information content (AvgIpc) is 3.49. The SMILES string of the molecule is COc1cc(C=c2sc3n(c2=O)C(c2cccs2)C(C(=O)OCC(C)C)=C(C)N=3)cc(OC)c1OC. The summed E-state index contributed by atoms with van der Waals surface area (Å²) in [6.07, 6.45) is 1.76. The maximum absolute atomic E-state index is 13.7. The van der Waals surface area contributed by atoms with Crippen LogP contribution < -0.4 is 29.1 Å². The number of ether oxygens (including phenoxy) is 4. The summed E-state index contributed by atoms with van der Waals surface area (Å²) in [7, 11) is 4.62. The molecule has 0 spiro atoms. The molecule has 0 N–H and O–H groups in total. The largest absolute Gasteiger partial charge is 0.493 e. The number of thiazole rings is 1. The highest BCUT2D eigenvalue weighted by Gasteiger charge is 2.34. The molecule has 2 aromatic heterocycles.